The van der Waals surface area contributed by atoms with E-state index in [0.29, 0.717) is 30.7 Å². The summed E-state index contributed by atoms with van der Waals surface area (Å²) in [7, 11) is -1.84. The average molecular weight is 323 g/mol. The zero-order valence-corrected chi connectivity index (χ0v) is 13.1. The molecule has 0 aliphatic carbocycles. The van der Waals surface area contributed by atoms with E-state index in [0.717, 1.165) is 0 Å². The summed E-state index contributed by atoms with van der Waals surface area (Å²) in [6, 6.07) is 3.19. The fourth-order valence-corrected chi connectivity index (χ4v) is 3.06. The molecule has 0 amide bonds. The minimum Gasteiger partial charge on any atom is -0.475 e. The summed E-state index contributed by atoms with van der Waals surface area (Å²) in [5.74, 6) is 0.575. The largest absolute Gasteiger partial charge is 0.475 e. The van der Waals surface area contributed by atoms with Crippen LogP contribution in [0.25, 0.3) is 0 Å². The molecule has 0 spiro atoms. The molecule has 0 saturated heterocycles. The monoisotopic (exact) mass is 322 g/mol. The molecule has 1 heterocycles. The Morgan fingerprint density at radius 1 is 1.40 bits per heavy atom. The smallest absolute Gasteiger partial charge is 0.233 e. The van der Waals surface area contributed by atoms with Gasteiger partial charge in [0, 0.05) is 19.1 Å². The van der Waals surface area contributed by atoms with E-state index in [1.54, 1.807) is 26.2 Å². The molecule has 1 unspecified atom stereocenters. The Morgan fingerprint density at radius 3 is 2.70 bits per heavy atom. The number of aromatic nitrogens is 1. The van der Waals surface area contributed by atoms with Crippen LogP contribution in [-0.2, 0) is 14.8 Å². The maximum Gasteiger partial charge on any atom is 0.233 e. The summed E-state index contributed by atoms with van der Waals surface area (Å²) in [5, 5.41) is 0. The van der Waals surface area contributed by atoms with E-state index in [1.165, 1.54) is 6.20 Å². The first kappa shape index (κ1) is 17.0. The van der Waals surface area contributed by atoms with Gasteiger partial charge in [-0.05, 0) is 12.0 Å². The van der Waals surface area contributed by atoms with Crippen LogP contribution in [0.2, 0.25) is 0 Å². The van der Waals surface area contributed by atoms with Crippen LogP contribution in [-0.4, -0.2) is 45.4 Å². The van der Waals surface area contributed by atoms with Gasteiger partial charge in [-0.3, -0.25) is 4.72 Å². The van der Waals surface area contributed by atoms with Crippen molar-refractivity contribution >= 4 is 27.3 Å². The van der Waals surface area contributed by atoms with E-state index >= 15 is 0 Å². The van der Waals surface area contributed by atoms with Gasteiger partial charge in [0.1, 0.15) is 6.61 Å². The summed E-state index contributed by atoms with van der Waals surface area (Å²) >= 11 is 5.61. The molecule has 1 atom stereocenters. The van der Waals surface area contributed by atoms with E-state index < -0.39 is 10.0 Å². The number of sulfonamides is 1. The summed E-state index contributed by atoms with van der Waals surface area (Å²) in [4.78, 5) is 4.00. The zero-order chi connectivity index (χ0) is 15.0. The highest BCUT2D eigenvalue weighted by atomic mass is 35.5. The van der Waals surface area contributed by atoms with Gasteiger partial charge in [0.2, 0.25) is 15.9 Å². The number of halogens is 1. The summed E-state index contributed by atoms with van der Waals surface area (Å²) in [6.07, 6.45) is 1.41. The Bertz CT molecular complexity index is 493. The van der Waals surface area contributed by atoms with Crippen LogP contribution >= 0.6 is 11.6 Å². The van der Waals surface area contributed by atoms with Crippen LogP contribution in [0.5, 0.6) is 5.88 Å². The molecule has 1 aromatic rings. The summed E-state index contributed by atoms with van der Waals surface area (Å²) < 4.78 is 36.2. The third-order valence-electron chi connectivity index (χ3n) is 2.31. The lowest BCUT2D eigenvalue weighted by Gasteiger charge is -2.11. The van der Waals surface area contributed by atoms with Crippen LogP contribution in [0.15, 0.2) is 18.3 Å². The predicted octanol–water partition coefficient (Wildman–Crippen LogP) is 1.72. The Hall–Kier alpha value is -1.05. The fraction of sp³-hybridized carbons (Fsp3) is 0.583. The van der Waals surface area contributed by atoms with Gasteiger partial charge in [-0.2, -0.15) is 0 Å². The zero-order valence-electron chi connectivity index (χ0n) is 11.5. The van der Waals surface area contributed by atoms with Crippen LogP contribution in [0, 0.1) is 5.92 Å². The van der Waals surface area contributed by atoms with Gasteiger partial charge in [0.25, 0.3) is 0 Å². The van der Waals surface area contributed by atoms with Gasteiger partial charge >= 0.3 is 0 Å². The minimum absolute atomic E-state index is 0.0252. The topological polar surface area (TPSA) is 77.5 Å². The molecule has 114 valence electrons. The summed E-state index contributed by atoms with van der Waals surface area (Å²) in [6.45, 7) is 2.63. The predicted molar refractivity (Wildman–Crippen MR) is 78.9 cm³/mol. The number of methoxy groups -OCH3 is 1. The van der Waals surface area contributed by atoms with E-state index in [9.17, 15) is 8.42 Å². The number of pyridine rings is 1. The second kappa shape index (κ2) is 8.28. The van der Waals surface area contributed by atoms with E-state index in [4.69, 9.17) is 21.1 Å². The molecule has 1 rings (SSSR count). The molecule has 1 N–H and O–H groups in total. The Balaban J connectivity index is 2.56. The van der Waals surface area contributed by atoms with Crippen molar-refractivity contribution in [2.45, 2.75) is 6.92 Å². The van der Waals surface area contributed by atoms with Crippen molar-refractivity contribution in [3.63, 3.8) is 0 Å². The van der Waals surface area contributed by atoms with E-state index in [1.807, 2.05) is 0 Å². The van der Waals surface area contributed by atoms with Gasteiger partial charge in [-0.25, -0.2) is 13.4 Å². The fourth-order valence-electron chi connectivity index (χ4n) is 1.40. The molecule has 0 aromatic carbocycles. The van der Waals surface area contributed by atoms with Crippen molar-refractivity contribution in [3.8, 4) is 5.88 Å². The van der Waals surface area contributed by atoms with Crippen molar-refractivity contribution in [1.82, 2.24) is 4.98 Å². The molecule has 0 aliphatic heterocycles. The number of nitrogens with zero attached hydrogens (tertiary/aromatic N) is 1. The van der Waals surface area contributed by atoms with Crippen molar-refractivity contribution in [1.29, 1.82) is 0 Å². The molecular formula is C12H19ClN2O4S. The number of hydrogen-bond acceptors (Lipinski definition) is 5. The number of nitrogens with one attached hydrogen (secondary N) is 1. The van der Waals surface area contributed by atoms with Gasteiger partial charge < -0.3 is 9.47 Å². The first-order valence-corrected chi connectivity index (χ1v) is 8.29. The van der Waals surface area contributed by atoms with Gasteiger partial charge in [0.05, 0.1) is 24.2 Å². The minimum atomic E-state index is -3.41. The maximum atomic E-state index is 11.8. The lowest BCUT2D eigenvalue weighted by atomic mass is 10.3. The standard InChI is InChI=1S/C12H19ClN2O4S/c1-10(7-13)9-20(16,17)15-11-3-4-12(14-8-11)19-6-5-18-2/h3-4,8,10,15H,5-7,9H2,1-2H3. The lowest BCUT2D eigenvalue weighted by molar-refractivity contribution is 0.144. The number of rotatable bonds is 9. The lowest BCUT2D eigenvalue weighted by Crippen LogP contribution is -2.22. The third kappa shape index (κ3) is 6.40. The highest BCUT2D eigenvalue weighted by molar-refractivity contribution is 7.92. The highest BCUT2D eigenvalue weighted by Gasteiger charge is 2.15. The number of alkyl halides is 1. The van der Waals surface area contributed by atoms with Gasteiger partial charge in [-0.15, -0.1) is 11.6 Å². The molecule has 8 heteroatoms. The number of ether oxygens (including phenoxy) is 2. The first-order valence-electron chi connectivity index (χ1n) is 6.11. The normalized spacial score (nSPS) is 12.9. The Morgan fingerprint density at radius 2 is 2.15 bits per heavy atom. The molecule has 0 bridgehead atoms. The second-order valence-electron chi connectivity index (χ2n) is 4.37. The quantitative estimate of drug-likeness (QED) is 0.553. The molecule has 20 heavy (non-hydrogen) atoms. The van der Waals surface area contributed by atoms with Gasteiger partial charge in [0.15, 0.2) is 0 Å². The number of anilines is 1. The third-order valence-corrected chi connectivity index (χ3v) is 4.40. The van der Waals surface area contributed by atoms with Crippen molar-refractivity contribution in [3.05, 3.63) is 18.3 Å². The first-order chi connectivity index (χ1) is 9.46. The van der Waals surface area contributed by atoms with Crippen molar-refractivity contribution in [2.24, 2.45) is 5.92 Å². The van der Waals surface area contributed by atoms with E-state index in [-0.39, 0.29) is 11.7 Å². The Labute approximate surface area is 124 Å². The SMILES string of the molecule is COCCOc1ccc(NS(=O)(=O)CC(C)CCl)cn1. The molecule has 0 aliphatic rings. The van der Waals surface area contributed by atoms with Crippen LogP contribution in [0.3, 0.4) is 0 Å². The van der Waals surface area contributed by atoms with Crippen molar-refractivity contribution < 1.29 is 17.9 Å². The molecule has 0 saturated carbocycles. The highest BCUT2D eigenvalue weighted by Crippen LogP contribution is 2.14. The van der Waals surface area contributed by atoms with Gasteiger partial charge in [-0.1, -0.05) is 6.92 Å². The molecule has 0 fully saturated rings. The molecule has 6 nitrogen and oxygen atoms in total. The van der Waals surface area contributed by atoms with E-state index in [2.05, 4.69) is 9.71 Å². The van der Waals surface area contributed by atoms with Crippen LogP contribution in [0.4, 0.5) is 5.69 Å². The molecule has 0 radical (unpaired) electrons. The van der Waals surface area contributed by atoms with Crippen LogP contribution < -0.4 is 9.46 Å². The maximum absolute atomic E-state index is 11.8. The molecule has 1 aromatic heterocycles. The average Bonchev–Trinajstić information content (AvgIpc) is 2.40. The Kier molecular flexibility index (Phi) is 7.04. The summed E-state index contributed by atoms with van der Waals surface area (Å²) in [5.41, 5.74) is 0.394. The number of hydrogen-bond donors (Lipinski definition) is 1. The second-order valence-corrected chi connectivity index (χ2v) is 6.44. The van der Waals surface area contributed by atoms with Crippen LogP contribution in [0.1, 0.15) is 6.92 Å². The molecular weight excluding hydrogens is 304 g/mol. The van der Waals surface area contributed by atoms with Crippen molar-refractivity contribution in [2.75, 3.05) is 36.7 Å².